The summed E-state index contributed by atoms with van der Waals surface area (Å²) in [4.78, 5) is 8.95. The van der Waals surface area contributed by atoms with Crippen LogP contribution in [0.1, 0.15) is 12.5 Å². The van der Waals surface area contributed by atoms with E-state index in [2.05, 4.69) is 44.1 Å². The Morgan fingerprint density at radius 1 is 1.26 bits per heavy atom. The van der Waals surface area contributed by atoms with Crippen molar-refractivity contribution in [1.29, 1.82) is 0 Å². The van der Waals surface area contributed by atoms with Crippen LogP contribution in [0.4, 0.5) is 8.78 Å². The Hall–Kier alpha value is -1.64. The molecule has 2 N–H and O–H groups in total. The maximum atomic E-state index is 12.6. The van der Waals surface area contributed by atoms with Crippen molar-refractivity contribution in [2.45, 2.75) is 26.1 Å². The fourth-order valence-electron chi connectivity index (χ4n) is 2.93. The van der Waals surface area contributed by atoms with Crippen molar-refractivity contribution in [1.82, 2.24) is 20.4 Å². The number of alkyl halides is 2. The van der Waals surface area contributed by atoms with Gasteiger partial charge in [-0.1, -0.05) is 11.6 Å². The van der Waals surface area contributed by atoms with E-state index < -0.39 is 6.61 Å². The molecular weight excluding hydrogens is 376 g/mol. The highest BCUT2D eigenvalue weighted by Crippen LogP contribution is 2.24. The highest BCUT2D eigenvalue weighted by molar-refractivity contribution is 6.30. The lowest BCUT2D eigenvalue weighted by Crippen LogP contribution is -2.52. The molecule has 0 spiro atoms. The fourth-order valence-corrected chi connectivity index (χ4v) is 3.13. The van der Waals surface area contributed by atoms with Crippen molar-refractivity contribution in [3.8, 4) is 5.75 Å². The lowest BCUT2D eigenvalue weighted by atomic mass is 10.2. The first-order chi connectivity index (χ1) is 12.9. The van der Waals surface area contributed by atoms with Crippen LogP contribution in [0.25, 0.3) is 0 Å². The molecule has 1 fully saturated rings. The van der Waals surface area contributed by atoms with Gasteiger partial charge >= 0.3 is 6.61 Å². The summed E-state index contributed by atoms with van der Waals surface area (Å²) in [5.74, 6) is 0.696. The molecule has 1 aliphatic heterocycles. The summed E-state index contributed by atoms with van der Waals surface area (Å²) in [6.45, 7) is 4.52. The van der Waals surface area contributed by atoms with Crippen LogP contribution in [0.3, 0.4) is 0 Å². The zero-order chi connectivity index (χ0) is 19.8. The lowest BCUT2D eigenvalue weighted by molar-refractivity contribution is -0.0504. The number of nitrogens with zero attached hydrogens (tertiary/aromatic N) is 3. The van der Waals surface area contributed by atoms with Gasteiger partial charge < -0.3 is 20.3 Å². The number of aliphatic imine (C=N–C) groups is 1. The predicted octanol–water partition coefficient (Wildman–Crippen LogP) is 2.24. The molecule has 1 aromatic carbocycles. The highest BCUT2D eigenvalue weighted by atomic mass is 35.5. The smallest absolute Gasteiger partial charge is 0.387 e. The summed E-state index contributed by atoms with van der Waals surface area (Å²) < 4.78 is 29.7. The van der Waals surface area contributed by atoms with Gasteiger partial charge in [0, 0.05) is 62.9 Å². The average molecular weight is 404 g/mol. The molecule has 6 nitrogen and oxygen atoms in total. The van der Waals surface area contributed by atoms with Gasteiger partial charge in [-0.3, -0.25) is 9.89 Å². The molecular formula is C18H28ClF2N5O. The van der Waals surface area contributed by atoms with Gasteiger partial charge in [0.1, 0.15) is 5.75 Å². The number of hydrogen-bond donors (Lipinski definition) is 2. The largest absolute Gasteiger partial charge is 0.434 e. The molecule has 0 radical (unpaired) electrons. The van der Waals surface area contributed by atoms with E-state index in [1.54, 1.807) is 13.1 Å². The van der Waals surface area contributed by atoms with Gasteiger partial charge in [0.05, 0.1) is 0 Å². The number of hydrogen-bond acceptors (Lipinski definition) is 4. The number of guanidine groups is 1. The number of nitrogens with one attached hydrogen (secondary N) is 2. The molecule has 0 aliphatic carbocycles. The number of benzene rings is 1. The van der Waals surface area contributed by atoms with Crippen LogP contribution in [0.5, 0.6) is 5.75 Å². The summed E-state index contributed by atoms with van der Waals surface area (Å²) in [5, 5.41) is 6.86. The molecule has 0 saturated carbocycles. The van der Waals surface area contributed by atoms with Crippen LogP contribution in [0.2, 0.25) is 5.02 Å². The van der Waals surface area contributed by atoms with E-state index in [-0.39, 0.29) is 12.3 Å². The summed E-state index contributed by atoms with van der Waals surface area (Å²) in [6.07, 6.45) is 0. The Balaban J connectivity index is 1.86. The number of halogens is 3. The van der Waals surface area contributed by atoms with Crippen molar-refractivity contribution in [2.75, 3.05) is 46.8 Å². The van der Waals surface area contributed by atoms with Gasteiger partial charge in [-0.2, -0.15) is 8.78 Å². The SMILES string of the molecule is CN=C(NCc1cc(Cl)ccc1OC(F)F)NCC(C)N1CCN(C)CC1. The van der Waals surface area contributed by atoms with Gasteiger partial charge in [0.25, 0.3) is 0 Å². The maximum Gasteiger partial charge on any atom is 0.387 e. The fraction of sp³-hybridized carbons (Fsp3) is 0.611. The van der Waals surface area contributed by atoms with Crippen molar-refractivity contribution in [2.24, 2.45) is 4.99 Å². The van der Waals surface area contributed by atoms with Gasteiger partial charge in [0.15, 0.2) is 5.96 Å². The molecule has 0 aromatic heterocycles. The van der Waals surface area contributed by atoms with E-state index >= 15 is 0 Å². The zero-order valence-corrected chi connectivity index (χ0v) is 16.8. The summed E-state index contributed by atoms with van der Waals surface area (Å²) in [7, 11) is 3.80. The molecule has 0 amide bonds. The second-order valence-electron chi connectivity index (χ2n) is 6.63. The van der Waals surface area contributed by atoms with Gasteiger partial charge in [-0.05, 0) is 32.2 Å². The van der Waals surface area contributed by atoms with Crippen LogP contribution < -0.4 is 15.4 Å². The highest BCUT2D eigenvalue weighted by Gasteiger charge is 2.19. The number of rotatable bonds is 7. The van der Waals surface area contributed by atoms with Crippen LogP contribution in [-0.4, -0.2) is 75.2 Å². The van der Waals surface area contributed by atoms with Crippen molar-refractivity contribution >= 4 is 17.6 Å². The third kappa shape index (κ3) is 7.12. The number of ether oxygens (including phenoxy) is 1. The van der Waals surface area contributed by atoms with E-state index in [0.29, 0.717) is 22.6 Å². The zero-order valence-electron chi connectivity index (χ0n) is 16.0. The Morgan fingerprint density at radius 3 is 2.59 bits per heavy atom. The van der Waals surface area contributed by atoms with E-state index in [4.69, 9.17) is 11.6 Å². The van der Waals surface area contributed by atoms with Crippen LogP contribution in [-0.2, 0) is 6.54 Å². The van der Waals surface area contributed by atoms with Gasteiger partial charge in [0.2, 0.25) is 0 Å². The summed E-state index contributed by atoms with van der Waals surface area (Å²) in [5.41, 5.74) is 0.540. The lowest BCUT2D eigenvalue weighted by Gasteiger charge is -2.36. The minimum Gasteiger partial charge on any atom is -0.434 e. The van der Waals surface area contributed by atoms with E-state index in [1.165, 1.54) is 12.1 Å². The topological polar surface area (TPSA) is 52.1 Å². The first-order valence-electron chi connectivity index (χ1n) is 8.99. The van der Waals surface area contributed by atoms with Gasteiger partial charge in [-0.25, -0.2) is 0 Å². The Labute approximate surface area is 164 Å². The standard InChI is InChI=1S/C18H28ClF2N5O/c1-13(26-8-6-25(3)7-9-26)11-23-18(22-2)24-12-14-10-15(19)4-5-16(14)27-17(20)21/h4-5,10,13,17H,6-9,11-12H2,1-3H3,(H2,22,23,24). The molecule has 1 aliphatic rings. The average Bonchev–Trinajstić information content (AvgIpc) is 2.64. The maximum absolute atomic E-state index is 12.6. The molecule has 9 heteroatoms. The summed E-state index contributed by atoms with van der Waals surface area (Å²) >= 11 is 5.98. The quantitative estimate of drug-likeness (QED) is 0.540. The first-order valence-corrected chi connectivity index (χ1v) is 9.37. The molecule has 0 bridgehead atoms. The molecule has 152 valence electrons. The second kappa shape index (κ2) is 10.6. The minimum absolute atomic E-state index is 0.100. The van der Waals surface area contributed by atoms with E-state index in [1.807, 2.05) is 0 Å². The molecule has 27 heavy (non-hydrogen) atoms. The Bertz CT molecular complexity index is 624. The summed E-state index contributed by atoms with van der Waals surface area (Å²) in [6, 6.07) is 4.93. The predicted molar refractivity (Wildman–Crippen MR) is 105 cm³/mol. The second-order valence-corrected chi connectivity index (χ2v) is 7.06. The number of piperazine rings is 1. The normalized spacial score (nSPS) is 17.8. The Kier molecular flexibility index (Phi) is 8.53. The minimum atomic E-state index is -2.88. The molecule has 1 saturated heterocycles. The first kappa shape index (κ1) is 21.7. The van der Waals surface area contributed by atoms with Crippen LogP contribution in [0.15, 0.2) is 23.2 Å². The molecule has 1 aromatic rings. The molecule has 1 heterocycles. The van der Waals surface area contributed by atoms with E-state index in [9.17, 15) is 8.78 Å². The third-order valence-electron chi connectivity index (χ3n) is 4.63. The molecule has 1 atom stereocenters. The Morgan fingerprint density at radius 2 is 1.96 bits per heavy atom. The third-order valence-corrected chi connectivity index (χ3v) is 4.87. The van der Waals surface area contributed by atoms with Crippen molar-refractivity contribution in [3.05, 3.63) is 28.8 Å². The van der Waals surface area contributed by atoms with Crippen LogP contribution >= 0.6 is 11.6 Å². The number of likely N-dealkylation sites (N-methyl/N-ethyl adjacent to an activating group) is 1. The van der Waals surface area contributed by atoms with Crippen LogP contribution in [0, 0.1) is 0 Å². The molecule has 2 rings (SSSR count). The molecule has 1 unspecified atom stereocenters. The monoisotopic (exact) mass is 403 g/mol. The van der Waals surface area contributed by atoms with E-state index in [0.717, 1.165) is 32.7 Å². The van der Waals surface area contributed by atoms with Gasteiger partial charge in [-0.15, -0.1) is 0 Å². The van der Waals surface area contributed by atoms with Crippen molar-refractivity contribution in [3.63, 3.8) is 0 Å². The van der Waals surface area contributed by atoms with Crippen molar-refractivity contribution < 1.29 is 13.5 Å².